The number of rotatable bonds is 5. The zero-order valence-electron chi connectivity index (χ0n) is 11.7. The number of carboxylic acid groups (broad SMARTS) is 1. The average molecular weight is 281 g/mol. The highest BCUT2D eigenvalue weighted by Gasteiger charge is 2.18. The number of aliphatic hydroxyl groups excluding tert-OH is 1. The van der Waals surface area contributed by atoms with Gasteiger partial charge in [0.1, 0.15) is 0 Å². The van der Waals surface area contributed by atoms with Gasteiger partial charge in [0.2, 0.25) is 0 Å². The van der Waals surface area contributed by atoms with Gasteiger partial charge in [-0.3, -0.25) is 0 Å². The van der Waals surface area contributed by atoms with Crippen molar-refractivity contribution in [2.24, 2.45) is 0 Å². The summed E-state index contributed by atoms with van der Waals surface area (Å²) in [6, 6.07) is 3.35. The van der Waals surface area contributed by atoms with Crippen LogP contribution in [0.5, 0.6) is 0 Å². The number of nitrogens with zero attached hydrogens (tertiary/aromatic N) is 1. The second kappa shape index (κ2) is 6.76. The first-order valence-corrected chi connectivity index (χ1v) is 6.04. The van der Waals surface area contributed by atoms with Crippen molar-refractivity contribution in [1.29, 1.82) is 0 Å². The molecule has 0 saturated heterocycles. The number of hydrogen-bond donors (Lipinski definition) is 4. The molecule has 1 atom stereocenters. The molecule has 110 valence electrons. The molecule has 0 spiro atoms. The summed E-state index contributed by atoms with van der Waals surface area (Å²) in [6.45, 7) is 1.28. The molecule has 1 aromatic carbocycles. The number of aliphatic hydroxyl groups is 1. The summed E-state index contributed by atoms with van der Waals surface area (Å²) in [5, 5.41) is 22.3. The van der Waals surface area contributed by atoms with Gasteiger partial charge in [0.15, 0.2) is 6.04 Å². The zero-order valence-corrected chi connectivity index (χ0v) is 11.7. The van der Waals surface area contributed by atoms with Crippen LogP contribution in [-0.4, -0.2) is 49.0 Å². The minimum Gasteiger partial charge on any atom is -0.480 e. The Morgan fingerprint density at radius 1 is 1.35 bits per heavy atom. The third kappa shape index (κ3) is 4.13. The van der Waals surface area contributed by atoms with Crippen LogP contribution in [0.4, 0.5) is 16.2 Å². The van der Waals surface area contributed by atoms with E-state index in [0.717, 1.165) is 11.3 Å². The van der Waals surface area contributed by atoms with Gasteiger partial charge in [-0.15, -0.1) is 0 Å². The number of hydrogen-bond acceptors (Lipinski definition) is 4. The van der Waals surface area contributed by atoms with Gasteiger partial charge in [0.05, 0.1) is 6.61 Å². The summed E-state index contributed by atoms with van der Waals surface area (Å²) >= 11 is 0. The highest BCUT2D eigenvalue weighted by atomic mass is 16.4. The number of amides is 2. The Bertz CT molecular complexity index is 502. The Balaban J connectivity index is 2.76. The van der Waals surface area contributed by atoms with Crippen LogP contribution in [0.3, 0.4) is 0 Å². The number of carboxylic acids is 1. The van der Waals surface area contributed by atoms with Crippen molar-refractivity contribution in [3.05, 3.63) is 23.8 Å². The molecule has 0 aromatic heterocycles. The van der Waals surface area contributed by atoms with Crippen LogP contribution >= 0.6 is 0 Å². The van der Waals surface area contributed by atoms with E-state index >= 15 is 0 Å². The van der Waals surface area contributed by atoms with Crippen molar-refractivity contribution in [1.82, 2.24) is 5.32 Å². The van der Waals surface area contributed by atoms with Crippen LogP contribution in [0.15, 0.2) is 18.2 Å². The third-order valence-corrected chi connectivity index (χ3v) is 2.73. The molecule has 0 bridgehead atoms. The normalized spacial score (nSPS) is 11.6. The largest absolute Gasteiger partial charge is 0.480 e. The third-order valence-electron chi connectivity index (χ3n) is 2.73. The number of carbonyl (C=O) groups excluding carboxylic acids is 1. The lowest BCUT2D eigenvalue weighted by molar-refractivity contribution is -0.140. The molecule has 7 nitrogen and oxygen atoms in total. The highest BCUT2D eigenvalue weighted by molar-refractivity contribution is 5.92. The monoisotopic (exact) mass is 281 g/mol. The van der Waals surface area contributed by atoms with Crippen LogP contribution in [0.2, 0.25) is 0 Å². The highest BCUT2D eigenvalue weighted by Crippen LogP contribution is 2.22. The quantitative estimate of drug-likeness (QED) is 0.634. The van der Waals surface area contributed by atoms with Gasteiger partial charge in [0.25, 0.3) is 0 Å². The first kappa shape index (κ1) is 15.8. The summed E-state index contributed by atoms with van der Waals surface area (Å²) in [6.07, 6.45) is 0. The van der Waals surface area contributed by atoms with E-state index < -0.39 is 24.6 Å². The molecule has 0 radical (unpaired) electrons. The molecule has 0 unspecified atom stereocenters. The van der Waals surface area contributed by atoms with E-state index in [2.05, 4.69) is 10.6 Å². The molecule has 0 heterocycles. The molecule has 0 fully saturated rings. The summed E-state index contributed by atoms with van der Waals surface area (Å²) in [5.74, 6) is -1.29. The Kier molecular flexibility index (Phi) is 5.33. The number of anilines is 2. The molecule has 1 rings (SSSR count). The van der Waals surface area contributed by atoms with Gasteiger partial charge in [-0.25, -0.2) is 9.59 Å². The fourth-order valence-electron chi connectivity index (χ4n) is 1.68. The predicted molar refractivity (Wildman–Crippen MR) is 76.2 cm³/mol. The fraction of sp³-hybridized carbons (Fsp3) is 0.385. The zero-order chi connectivity index (χ0) is 15.3. The Hall–Kier alpha value is -2.28. The standard InChI is InChI=1S/C13H19N3O4/c1-8-4-5-9(6-11(8)16(2)3)14-13(20)15-10(7-17)12(18)19/h4-6,10,17H,7H2,1-3H3,(H,18,19)(H2,14,15,20)/t10-/m0/s1. The average Bonchev–Trinajstić information content (AvgIpc) is 2.37. The van der Waals surface area contributed by atoms with Crippen LogP contribution in [0.1, 0.15) is 5.56 Å². The number of benzene rings is 1. The Morgan fingerprint density at radius 2 is 2.00 bits per heavy atom. The van der Waals surface area contributed by atoms with E-state index in [4.69, 9.17) is 10.2 Å². The van der Waals surface area contributed by atoms with Gasteiger partial charge in [0, 0.05) is 25.5 Å². The molecule has 0 aliphatic rings. The maximum Gasteiger partial charge on any atom is 0.328 e. The number of nitrogens with one attached hydrogen (secondary N) is 2. The van der Waals surface area contributed by atoms with Crippen LogP contribution in [0, 0.1) is 6.92 Å². The fourth-order valence-corrected chi connectivity index (χ4v) is 1.68. The van der Waals surface area contributed by atoms with Crippen LogP contribution in [-0.2, 0) is 4.79 Å². The first-order valence-electron chi connectivity index (χ1n) is 6.04. The van der Waals surface area contributed by atoms with Crippen molar-refractivity contribution in [3.8, 4) is 0 Å². The SMILES string of the molecule is Cc1ccc(NC(=O)N[C@@H](CO)C(=O)O)cc1N(C)C. The van der Waals surface area contributed by atoms with Crippen molar-refractivity contribution in [3.63, 3.8) is 0 Å². The van der Waals surface area contributed by atoms with Crippen molar-refractivity contribution in [2.45, 2.75) is 13.0 Å². The molecule has 2 amide bonds. The van der Waals surface area contributed by atoms with E-state index in [-0.39, 0.29) is 0 Å². The Labute approximate surface area is 117 Å². The molecule has 0 aliphatic carbocycles. The molecular formula is C13H19N3O4. The molecule has 4 N–H and O–H groups in total. The molecule has 0 aliphatic heterocycles. The van der Waals surface area contributed by atoms with Gasteiger partial charge in [-0.2, -0.15) is 0 Å². The first-order chi connectivity index (χ1) is 9.35. The topological polar surface area (TPSA) is 102 Å². The van der Waals surface area contributed by atoms with E-state index in [0.29, 0.717) is 5.69 Å². The number of urea groups is 1. The minimum atomic E-state index is -1.33. The van der Waals surface area contributed by atoms with Crippen molar-refractivity contribution >= 4 is 23.4 Å². The van der Waals surface area contributed by atoms with Gasteiger partial charge < -0.3 is 25.7 Å². The molecule has 0 saturated carbocycles. The van der Waals surface area contributed by atoms with Crippen LogP contribution < -0.4 is 15.5 Å². The van der Waals surface area contributed by atoms with Gasteiger partial charge in [-0.05, 0) is 24.6 Å². The van der Waals surface area contributed by atoms with E-state index in [1.807, 2.05) is 32.0 Å². The van der Waals surface area contributed by atoms with Crippen molar-refractivity contribution < 1.29 is 19.8 Å². The van der Waals surface area contributed by atoms with E-state index in [1.54, 1.807) is 12.1 Å². The van der Waals surface area contributed by atoms with Crippen LogP contribution in [0.25, 0.3) is 0 Å². The Morgan fingerprint density at radius 3 is 2.50 bits per heavy atom. The summed E-state index contributed by atoms with van der Waals surface area (Å²) in [5.41, 5.74) is 2.54. The van der Waals surface area contributed by atoms with Crippen molar-refractivity contribution in [2.75, 3.05) is 30.9 Å². The lowest BCUT2D eigenvalue weighted by Crippen LogP contribution is -2.45. The van der Waals surface area contributed by atoms with E-state index in [9.17, 15) is 9.59 Å². The lowest BCUT2D eigenvalue weighted by Gasteiger charge is -2.18. The molecule has 1 aromatic rings. The molecule has 20 heavy (non-hydrogen) atoms. The smallest absolute Gasteiger partial charge is 0.328 e. The van der Waals surface area contributed by atoms with Gasteiger partial charge >= 0.3 is 12.0 Å². The summed E-state index contributed by atoms with van der Waals surface area (Å²) < 4.78 is 0. The summed E-state index contributed by atoms with van der Waals surface area (Å²) in [4.78, 5) is 24.2. The molecule has 7 heteroatoms. The number of aryl methyl sites for hydroxylation is 1. The van der Waals surface area contributed by atoms with Gasteiger partial charge in [-0.1, -0.05) is 6.07 Å². The minimum absolute atomic E-state index is 0.541. The maximum atomic E-state index is 11.6. The lowest BCUT2D eigenvalue weighted by atomic mass is 10.1. The van der Waals surface area contributed by atoms with E-state index in [1.165, 1.54) is 0 Å². The number of carbonyl (C=O) groups is 2. The second-order valence-electron chi connectivity index (χ2n) is 4.57. The second-order valence-corrected chi connectivity index (χ2v) is 4.57. The summed E-state index contributed by atoms with van der Waals surface area (Å²) in [7, 11) is 3.77. The number of aliphatic carboxylic acids is 1. The molecular weight excluding hydrogens is 262 g/mol. The predicted octanol–water partition coefficient (Wildman–Crippen LogP) is 0.628. The maximum absolute atomic E-state index is 11.6.